The van der Waals surface area contributed by atoms with Gasteiger partial charge in [0.1, 0.15) is 0 Å². The van der Waals surface area contributed by atoms with E-state index in [0.717, 1.165) is 6.26 Å². The maximum Gasteiger partial charge on any atom is 0.258 e. The lowest BCUT2D eigenvalue weighted by molar-refractivity contribution is 0.0993. The van der Waals surface area contributed by atoms with Crippen molar-refractivity contribution < 1.29 is 13.2 Å². The Morgan fingerprint density at radius 2 is 2.00 bits per heavy atom. The number of carbonyl (C=O) groups excluding carboxylic acids is 1. The molecule has 2 rings (SSSR count). The Kier molecular flexibility index (Phi) is 3.95. The molecule has 2 aromatic rings. The molecule has 0 aliphatic heterocycles. The molecule has 6 nitrogen and oxygen atoms in total. The van der Waals surface area contributed by atoms with Crippen LogP contribution >= 0.6 is 0 Å². The van der Waals surface area contributed by atoms with Crippen LogP contribution in [0.5, 0.6) is 0 Å². The molecular weight excluding hydrogens is 290 g/mol. The molecule has 0 spiro atoms. The van der Waals surface area contributed by atoms with Crippen LogP contribution in [0.2, 0.25) is 0 Å². The topological polar surface area (TPSA) is 93.4 Å². The second-order valence-electron chi connectivity index (χ2n) is 4.60. The van der Waals surface area contributed by atoms with E-state index < -0.39 is 9.84 Å². The SMILES string of the molecule is CN(C(=O)c1ccc(S(C)(=O)=O)c(N)c1)c1cccnc1. The average molecular weight is 305 g/mol. The number of rotatable bonds is 3. The maximum absolute atomic E-state index is 12.4. The van der Waals surface area contributed by atoms with E-state index in [9.17, 15) is 13.2 Å². The summed E-state index contributed by atoms with van der Waals surface area (Å²) in [6, 6.07) is 7.63. The fourth-order valence-electron chi connectivity index (χ4n) is 1.88. The van der Waals surface area contributed by atoms with Crippen LogP contribution < -0.4 is 10.6 Å². The first-order valence-corrected chi connectivity index (χ1v) is 7.97. The molecule has 0 radical (unpaired) electrons. The molecule has 0 saturated carbocycles. The molecule has 21 heavy (non-hydrogen) atoms. The van der Waals surface area contributed by atoms with E-state index in [-0.39, 0.29) is 16.5 Å². The molecule has 1 aromatic heterocycles. The summed E-state index contributed by atoms with van der Waals surface area (Å²) < 4.78 is 23.0. The molecule has 0 unspecified atom stereocenters. The Hall–Kier alpha value is -2.41. The third-order valence-electron chi connectivity index (χ3n) is 2.99. The number of nitrogens with two attached hydrogens (primary N) is 1. The number of amides is 1. The summed E-state index contributed by atoms with van der Waals surface area (Å²) in [5, 5.41) is 0. The minimum absolute atomic E-state index is 0.0167. The molecule has 0 atom stereocenters. The van der Waals surface area contributed by atoms with Gasteiger partial charge in [0.25, 0.3) is 5.91 Å². The molecule has 0 saturated heterocycles. The summed E-state index contributed by atoms with van der Waals surface area (Å²) in [5.74, 6) is -0.297. The Bertz CT molecular complexity index is 773. The zero-order valence-electron chi connectivity index (χ0n) is 11.6. The first-order valence-electron chi connectivity index (χ1n) is 6.08. The highest BCUT2D eigenvalue weighted by Crippen LogP contribution is 2.21. The maximum atomic E-state index is 12.4. The molecule has 0 fully saturated rings. The van der Waals surface area contributed by atoms with Crippen molar-refractivity contribution in [2.75, 3.05) is 23.9 Å². The molecule has 1 amide bonds. The highest BCUT2D eigenvalue weighted by molar-refractivity contribution is 7.90. The number of sulfone groups is 1. The van der Waals surface area contributed by atoms with Crippen molar-refractivity contribution in [3.8, 4) is 0 Å². The molecular formula is C14H15N3O3S. The molecule has 0 bridgehead atoms. The first-order chi connectivity index (χ1) is 9.80. The van der Waals surface area contributed by atoms with E-state index in [0.29, 0.717) is 11.3 Å². The van der Waals surface area contributed by atoms with Gasteiger partial charge < -0.3 is 10.6 Å². The number of hydrogen-bond acceptors (Lipinski definition) is 5. The quantitative estimate of drug-likeness (QED) is 0.864. The molecule has 110 valence electrons. The van der Waals surface area contributed by atoms with Gasteiger partial charge in [-0.25, -0.2) is 8.42 Å². The minimum atomic E-state index is -3.41. The lowest BCUT2D eigenvalue weighted by Gasteiger charge is -2.17. The number of benzene rings is 1. The highest BCUT2D eigenvalue weighted by atomic mass is 32.2. The Labute approximate surface area is 123 Å². The number of pyridine rings is 1. The Balaban J connectivity index is 2.35. The van der Waals surface area contributed by atoms with E-state index in [1.807, 2.05) is 0 Å². The number of hydrogen-bond donors (Lipinski definition) is 1. The van der Waals surface area contributed by atoms with Crippen molar-refractivity contribution in [1.29, 1.82) is 0 Å². The van der Waals surface area contributed by atoms with Gasteiger partial charge in [0.05, 0.1) is 22.5 Å². The zero-order valence-corrected chi connectivity index (χ0v) is 12.5. The van der Waals surface area contributed by atoms with Crippen LogP contribution in [0.25, 0.3) is 0 Å². The molecule has 0 aliphatic carbocycles. The fourth-order valence-corrected chi connectivity index (χ4v) is 2.68. The molecule has 1 aromatic carbocycles. The summed E-state index contributed by atoms with van der Waals surface area (Å²) in [6.07, 6.45) is 4.24. The van der Waals surface area contributed by atoms with Gasteiger partial charge in [0, 0.05) is 25.1 Å². The summed E-state index contributed by atoms with van der Waals surface area (Å²) >= 11 is 0. The number of aromatic nitrogens is 1. The lowest BCUT2D eigenvalue weighted by atomic mass is 10.1. The number of nitrogen functional groups attached to an aromatic ring is 1. The van der Waals surface area contributed by atoms with Crippen LogP contribution in [0, 0.1) is 0 Å². The van der Waals surface area contributed by atoms with Gasteiger partial charge in [0.15, 0.2) is 9.84 Å². The lowest BCUT2D eigenvalue weighted by Crippen LogP contribution is -2.26. The third kappa shape index (κ3) is 3.19. The van der Waals surface area contributed by atoms with Crippen molar-refractivity contribution in [3.05, 3.63) is 48.3 Å². The summed E-state index contributed by atoms with van der Waals surface area (Å²) in [7, 11) is -1.80. The zero-order chi connectivity index (χ0) is 15.6. The molecule has 2 N–H and O–H groups in total. The number of carbonyl (C=O) groups is 1. The largest absolute Gasteiger partial charge is 0.398 e. The van der Waals surface area contributed by atoms with Crippen LogP contribution in [-0.4, -0.2) is 32.6 Å². The highest BCUT2D eigenvalue weighted by Gasteiger charge is 2.17. The van der Waals surface area contributed by atoms with Gasteiger partial charge in [-0.15, -0.1) is 0 Å². The Morgan fingerprint density at radius 1 is 1.29 bits per heavy atom. The van der Waals surface area contributed by atoms with E-state index >= 15 is 0 Å². The summed E-state index contributed by atoms with van der Waals surface area (Å²) in [5.41, 5.74) is 6.72. The molecule has 1 heterocycles. The van der Waals surface area contributed by atoms with E-state index in [2.05, 4.69) is 4.98 Å². The van der Waals surface area contributed by atoms with Crippen molar-refractivity contribution in [2.24, 2.45) is 0 Å². The molecule has 0 aliphatic rings. The fraction of sp³-hybridized carbons (Fsp3) is 0.143. The second kappa shape index (κ2) is 5.53. The van der Waals surface area contributed by atoms with Crippen LogP contribution in [0.3, 0.4) is 0 Å². The summed E-state index contributed by atoms with van der Waals surface area (Å²) in [4.78, 5) is 17.7. The van der Waals surface area contributed by atoms with Crippen LogP contribution in [0.15, 0.2) is 47.6 Å². The van der Waals surface area contributed by atoms with Gasteiger partial charge in [-0.05, 0) is 30.3 Å². The van der Waals surface area contributed by atoms with Gasteiger partial charge >= 0.3 is 0 Å². The van der Waals surface area contributed by atoms with Gasteiger partial charge in [-0.1, -0.05) is 0 Å². The second-order valence-corrected chi connectivity index (χ2v) is 6.58. The first kappa shape index (κ1) is 15.0. The van der Waals surface area contributed by atoms with E-state index in [4.69, 9.17) is 5.73 Å². The number of nitrogens with zero attached hydrogens (tertiary/aromatic N) is 2. The normalized spacial score (nSPS) is 11.1. The van der Waals surface area contributed by atoms with Crippen molar-refractivity contribution in [1.82, 2.24) is 4.98 Å². The minimum Gasteiger partial charge on any atom is -0.398 e. The van der Waals surface area contributed by atoms with Crippen molar-refractivity contribution in [2.45, 2.75) is 4.90 Å². The van der Waals surface area contributed by atoms with Crippen molar-refractivity contribution >= 4 is 27.1 Å². The number of anilines is 2. The van der Waals surface area contributed by atoms with Gasteiger partial charge in [-0.3, -0.25) is 9.78 Å². The van der Waals surface area contributed by atoms with E-state index in [1.54, 1.807) is 31.6 Å². The van der Waals surface area contributed by atoms with Crippen LogP contribution in [-0.2, 0) is 9.84 Å². The monoisotopic (exact) mass is 305 g/mol. The van der Waals surface area contributed by atoms with Gasteiger partial charge in [0.2, 0.25) is 0 Å². The predicted octanol–water partition coefficient (Wildman–Crippen LogP) is 1.34. The molecule has 7 heteroatoms. The van der Waals surface area contributed by atoms with Gasteiger partial charge in [-0.2, -0.15) is 0 Å². The summed E-state index contributed by atoms with van der Waals surface area (Å²) in [6.45, 7) is 0. The Morgan fingerprint density at radius 3 is 2.52 bits per heavy atom. The predicted molar refractivity (Wildman–Crippen MR) is 80.9 cm³/mol. The standard InChI is InChI=1S/C14H15N3O3S/c1-17(11-4-3-7-16-9-11)14(18)10-5-6-13(12(15)8-10)21(2,19)20/h3-9H,15H2,1-2H3. The third-order valence-corrected chi connectivity index (χ3v) is 4.16. The van der Waals surface area contributed by atoms with Crippen LogP contribution in [0.4, 0.5) is 11.4 Å². The van der Waals surface area contributed by atoms with E-state index in [1.165, 1.54) is 23.1 Å². The average Bonchev–Trinajstić information content (AvgIpc) is 2.45. The van der Waals surface area contributed by atoms with Crippen molar-refractivity contribution in [3.63, 3.8) is 0 Å². The van der Waals surface area contributed by atoms with Crippen LogP contribution in [0.1, 0.15) is 10.4 Å². The smallest absolute Gasteiger partial charge is 0.258 e.